The number of azide groups is 1. The van der Waals surface area contributed by atoms with Gasteiger partial charge in [-0.15, -0.1) is 0 Å². The third-order valence-corrected chi connectivity index (χ3v) is 3.22. The number of H-pyrrole nitrogens is 1. The number of aromatic nitrogens is 1. The molecular weight excluding hydrogens is 276 g/mol. The van der Waals surface area contributed by atoms with Crippen molar-refractivity contribution < 1.29 is 19.7 Å². The summed E-state index contributed by atoms with van der Waals surface area (Å²) in [5, 5.41) is 23.5. The summed E-state index contributed by atoms with van der Waals surface area (Å²) in [7, 11) is 0. The number of aliphatic hydroxyl groups excluding tert-OH is 2. The lowest BCUT2D eigenvalue weighted by Gasteiger charge is -2.18. The molecule has 116 valence electrons. The van der Waals surface area contributed by atoms with Crippen LogP contribution in [0.5, 0.6) is 0 Å². The zero-order valence-corrected chi connectivity index (χ0v) is 12.3. The van der Waals surface area contributed by atoms with Crippen molar-refractivity contribution in [3.05, 3.63) is 33.0 Å². The van der Waals surface area contributed by atoms with Gasteiger partial charge in [-0.3, -0.25) is 0 Å². The average molecular weight is 296 g/mol. The van der Waals surface area contributed by atoms with Crippen LogP contribution in [0.1, 0.15) is 46.8 Å². The van der Waals surface area contributed by atoms with Crippen molar-refractivity contribution in [3.8, 4) is 0 Å². The SMILES string of the molecule is CCOC(=O)c1[nH]c(C)c(C(O)C(O)CCN=[N+]=[N-])c1C. The Labute approximate surface area is 122 Å². The maximum atomic E-state index is 11.8. The predicted octanol–water partition coefficient (Wildman–Crippen LogP) is 1.90. The van der Waals surface area contributed by atoms with Crippen molar-refractivity contribution in [1.29, 1.82) is 0 Å². The highest BCUT2D eigenvalue weighted by Gasteiger charge is 2.26. The maximum Gasteiger partial charge on any atom is 0.355 e. The van der Waals surface area contributed by atoms with Crippen LogP contribution in [0.25, 0.3) is 10.4 Å². The quantitative estimate of drug-likeness (QED) is 0.307. The molecule has 2 atom stereocenters. The fourth-order valence-electron chi connectivity index (χ4n) is 2.20. The third-order valence-electron chi connectivity index (χ3n) is 3.22. The Hall–Kier alpha value is -2.02. The van der Waals surface area contributed by atoms with Gasteiger partial charge in [0.15, 0.2) is 0 Å². The first-order valence-electron chi connectivity index (χ1n) is 6.67. The molecule has 8 heteroatoms. The second-order valence-corrected chi connectivity index (χ2v) is 4.64. The molecule has 8 nitrogen and oxygen atoms in total. The Morgan fingerprint density at radius 3 is 2.71 bits per heavy atom. The van der Waals surface area contributed by atoms with Crippen molar-refractivity contribution in [1.82, 2.24) is 4.98 Å². The summed E-state index contributed by atoms with van der Waals surface area (Å²) in [5.74, 6) is -0.500. The zero-order valence-electron chi connectivity index (χ0n) is 12.3. The molecule has 0 saturated heterocycles. The molecule has 0 spiro atoms. The van der Waals surface area contributed by atoms with E-state index < -0.39 is 18.2 Å². The highest BCUT2D eigenvalue weighted by Crippen LogP contribution is 2.28. The van der Waals surface area contributed by atoms with E-state index >= 15 is 0 Å². The second kappa shape index (κ2) is 7.68. The normalized spacial score (nSPS) is 13.4. The number of aromatic amines is 1. The topological polar surface area (TPSA) is 131 Å². The van der Waals surface area contributed by atoms with Gasteiger partial charge in [0.05, 0.1) is 12.7 Å². The molecule has 21 heavy (non-hydrogen) atoms. The lowest BCUT2D eigenvalue weighted by molar-refractivity contribution is 0.0143. The van der Waals surface area contributed by atoms with Crippen LogP contribution < -0.4 is 0 Å². The van der Waals surface area contributed by atoms with Crippen molar-refractivity contribution in [3.63, 3.8) is 0 Å². The van der Waals surface area contributed by atoms with Crippen LogP contribution >= 0.6 is 0 Å². The molecule has 2 unspecified atom stereocenters. The number of esters is 1. The molecule has 0 fully saturated rings. The highest BCUT2D eigenvalue weighted by atomic mass is 16.5. The van der Waals surface area contributed by atoms with Gasteiger partial charge >= 0.3 is 5.97 Å². The van der Waals surface area contributed by atoms with Gasteiger partial charge in [-0.1, -0.05) is 5.11 Å². The molecule has 0 aromatic carbocycles. The lowest BCUT2D eigenvalue weighted by Crippen LogP contribution is -2.20. The van der Waals surface area contributed by atoms with Crippen LogP contribution in [0.4, 0.5) is 0 Å². The third kappa shape index (κ3) is 3.98. The molecule has 1 aromatic rings. The fourth-order valence-corrected chi connectivity index (χ4v) is 2.20. The van der Waals surface area contributed by atoms with Gasteiger partial charge < -0.3 is 19.9 Å². The zero-order chi connectivity index (χ0) is 16.0. The maximum absolute atomic E-state index is 11.8. The smallest absolute Gasteiger partial charge is 0.355 e. The molecule has 0 amide bonds. The molecule has 3 N–H and O–H groups in total. The molecule has 0 aliphatic heterocycles. The summed E-state index contributed by atoms with van der Waals surface area (Å²) in [6.45, 7) is 5.42. The number of aryl methyl sites for hydroxylation is 1. The van der Waals surface area contributed by atoms with E-state index in [2.05, 4.69) is 15.0 Å². The average Bonchev–Trinajstić information content (AvgIpc) is 2.73. The van der Waals surface area contributed by atoms with Gasteiger partial charge in [0.25, 0.3) is 0 Å². The largest absolute Gasteiger partial charge is 0.461 e. The fraction of sp³-hybridized carbons (Fsp3) is 0.615. The number of hydrogen-bond acceptors (Lipinski definition) is 5. The van der Waals surface area contributed by atoms with E-state index in [0.717, 1.165) is 0 Å². The van der Waals surface area contributed by atoms with Crippen molar-refractivity contribution in [2.24, 2.45) is 5.11 Å². The number of ether oxygens (including phenoxy) is 1. The minimum absolute atomic E-state index is 0.0853. The number of aliphatic hydroxyl groups is 2. The molecule has 0 radical (unpaired) electrons. The van der Waals surface area contributed by atoms with E-state index in [1.807, 2.05) is 0 Å². The summed E-state index contributed by atoms with van der Waals surface area (Å²) in [4.78, 5) is 17.2. The number of nitrogens with one attached hydrogen (secondary N) is 1. The Balaban J connectivity index is 2.96. The van der Waals surface area contributed by atoms with Crippen LogP contribution in [-0.2, 0) is 4.74 Å². The van der Waals surface area contributed by atoms with Gasteiger partial charge in [-0.2, -0.15) is 0 Å². The Morgan fingerprint density at radius 1 is 1.48 bits per heavy atom. The first kappa shape index (κ1) is 17.0. The summed E-state index contributed by atoms with van der Waals surface area (Å²) in [6.07, 6.45) is -2.12. The molecule has 0 bridgehead atoms. The molecule has 0 aliphatic carbocycles. The van der Waals surface area contributed by atoms with Gasteiger partial charge in [0, 0.05) is 22.7 Å². The van der Waals surface area contributed by atoms with Crippen molar-refractivity contribution >= 4 is 5.97 Å². The Kier molecular flexibility index (Phi) is 6.23. The molecule has 1 rings (SSSR count). The first-order valence-corrected chi connectivity index (χ1v) is 6.67. The summed E-state index contributed by atoms with van der Waals surface area (Å²) in [6, 6.07) is 0. The second-order valence-electron chi connectivity index (χ2n) is 4.64. The van der Waals surface area contributed by atoms with E-state index in [9.17, 15) is 15.0 Å². The van der Waals surface area contributed by atoms with Crippen LogP contribution in [0, 0.1) is 13.8 Å². The standard InChI is InChI=1S/C13H20N4O4/c1-4-21-13(20)11-7(2)10(8(3)16-11)12(19)9(18)5-6-15-17-14/h9,12,16,18-19H,4-6H2,1-3H3. The minimum Gasteiger partial charge on any atom is -0.461 e. The van der Waals surface area contributed by atoms with E-state index in [1.54, 1.807) is 20.8 Å². The minimum atomic E-state index is -1.17. The molecule has 1 heterocycles. The Morgan fingerprint density at radius 2 is 2.14 bits per heavy atom. The van der Waals surface area contributed by atoms with Gasteiger partial charge in [0.2, 0.25) is 0 Å². The van der Waals surface area contributed by atoms with Crippen LogP contribution in [0.2, 0.25) is 0 Å². The number of rotatable bonds is 7. The monoisotopic (exact) mass is 296 g/mol. The van der Waals surface area contributed by atoms with E-state index in [4.69, 9.17) is 10.3 Å². The van der Waals surface area contributed by atoms with E-state index in [1.165, 1.54) is 0 Å². The number of carbonyl (C=O) groups is 1. The Bertz CT molecular complexity index is 549. The van der Waals surface area contributed by atoms with E-state index in [-0.39, 0.29) is 25.3 Å². The highest BCUT2D eigenvalue weighted by molar-refractivity contribution is 5.89. The lowest BCUT2D eigenvalue weighted by atomic mass is 9.98. The first-order chi connectivity index (χ1) is 9.93. The van der Waals surface area contributed by atoms with Gasteiger partial charge in [0.1, 0.15) is 11.8 Å². The molecule has 0 aliphatic rings. The van der Waals surface area contributed by atoms with Crippen LogP contribution in [0.3, 0.4) is 0 Å². The van der Waals surface area contributed by atoms with E-state index in [0.29, 0.717) is 16.8 Å². The van der Waals surface area contributed by atoms with Crippen LogP contribution in [0.15, 0.2) is 5.11 Å². The summed E-state index contributed by atoms with van der Waals surface area (Å²) < 4.78 is 4.93. The molecule has 0 saturated carbocycles. The summed E-state index contributed by atoms with van der Waals surface area (Å²) in [5.41, 5.74) is 10.1. The summed E-state index contributed by atoms with van der Waals surface area (Å²) >= 11 is 0. The number of nitrogens with zero attached hydrogens (tertiary/aromatic N) is 3. The van der Waals surface area contributed by atoms with Crippen molar-refractivity contribution in [2.45, 2.75) is 39.4 Å². The van der Waals surface area contributed by atoms with Gasteiger partial charge in [-0.25, -0.2) is 4.79 Å². The number of carbonyl (C=O) groups excluding carboxylic acids is 1. The van der Waals surface area contributed by atoms with Crippen LogP contribution in [-0.4, -0.2) is 40.4 Å². The molecule has 1 aromatic heterocycles. The molecular formula is C13H20N4O4. The predicted molar refractivity (Wildman–Crippen MR) is 75.8 cm³/mol. The number of hydrogen-bond donors (Lipinski definition) is 3. The van der Waals surface area contributed by atoms with Crippen molar-refractivity contribution in [2.75, 3.05) is 13.2 Å². The van der Waals surface area contributed by atoms with Gasteiger partial charge in [-0.05, 0) is 38.3 Å².